The van der Waals surface area contributed by atoms with Gasteiger partial charge >= 0.3 is 5.97 Å². The summed E-state index contributed by atoms with van der Waals surface area (Å²) in [5, 5.41) is 31.7. The van der Waals surface area contributed by atoms with E-state index in [4.69, 9.17) is 18.9 Å². The largest absolute Gasteiger partial charge is 0.481 e. The summed E-state index contributed by atoms with van der Waals surface area (Å²) in [4.78, 5) is 22.5. The van der Waals surface area contributed by atoms with Crippen LogP contribution in [0.15, 0.2) is 0 Å². The number of nitro groups is 1. The van der Waals surface area contributed by atoms with Crippen LogP contribution < -0.4 is 0 Å². The van der Waals surface area contributed by atoms with Gasteiger partial charge in [-0.15, -0.1) is 0 Å². The zero-order valence-corrected chi connectivity index (χ0v) is 13.8. The fraction of sp³-hybridized carbons (Fsp3) is 0.929. The van der Waals surface area contributed by atoms with Crippen molar-refractivity contribution in [2.75, 3.05) is 6.61 Å². The second-order valence-corrected chi connectivity index (χ2v) is 7.35. The van der Waals surface area contributed by atoms with Crippen molar-refractivity contribution in [3.8, 4) is 0 Å². The summed E-state index contributed by atoms with van der Waals surface area (Å²) < 4.78 is 22.8. The van der Waals surface area contributed by atoms with Gasteiger partial charge in [0.15, 0.2) is 29.2 Å². The highest BCUT2D eigenvalue weighted by Gasteiger charge is 2.74. The zero-order chi connectivity index (χ0) is 18.1. The normalized spacial score (nSPS) is 46.0. The van der Waals surface area contributed by atoms with Crippen molar-refractivity contribution in [2.24, 2.45) is 5.92 Å². The van der Waals surface area contributed by atoms with Crippen LogP contribution in [0.2, 0.25) is 0 Å². The highest BCUT2D eigenvalue weighted by Crippen LogP contribution is 2.51. The number of nitrogens with zero attached hydrogens (tertiary/aromatic N) is 1. The molecule has 0 aromatic heterocycles. The van der Waals surface area contributed by atoms with E-state index in [-0.39, 0.29) is 6.61 Å². The molecule has 2 heterocycles. The number of hydrogen-bond acceptors (Lipinski definition) is 8. The summed E-state index contributed by atoms with van der Waals surface area (Å²) in [5.74, 6) is -5.48. The van der Waals surface area contributed by atoms with Gasteiger partial charge in [0.2, 0.25) is 0 Å². The second kappa shape index (κ2) is 5.09. The molecule has 2 saturated heterocycles. The number of carbonyl (C=O) groups is 1. The van der Waals surface area contributed by atoms with Crippen molar-refractivity contribution >= 4 is 5.97 Å². The topological polar surface area (TPSA) is 138 Å². The molecule has 1 aliphatic carbocycles. The minimum absolute atomic E-state index is 0.157. The Kier molecular flexibility index (Phi) is 3.71. The van der Waals surface area contributed by atoms with Gasteiger partial charge < -0.3 is 29.2 Å². The Labute approximate surface area is 137 Å². The van der Waals surface area contributed by atoms with E-state index in [2.05, 4.69) is 0 Å². The summed E-state index contributed by atoms with van der Waals surface area (Å²) in [6.07, 6.45) is -3.90. The van der Waals surface area contributed by atoms with Crippen LogP contribution in [0.25, 0.3) is 0 Å². The minimum atomic E-state index is -1.71. The Morgan fingerprint density at radius 1 is 1.21 bits per heavy atom. The van der Waals surface area contributed by atoms with E-state index >= 15 is 0 Å². The molecule has 1 saturated carbocycles. The van der Waals surface area contributed by atoms with E-state index in [0.29, 0.717) is 0 Å². The summed E-state index contributed by atoms with van der Waals surface area (Å²) in [7, 11) is 0. The van der Waals surface area contributed by atoms with Gasteiger partial charge in [-0.25, -0.2) is 0 Å². The summed E-state index contributed by atoms with van der Waals surface area (Å²) in [5.41, 5.74) is -1.56. The van der Waals surface area contributed by atoms with Crippen molar-refractivity contribution < 1.29 is 38.9 Å². The first-order chi connectivity index (χ1) is 10.9. The monoisotopic (exact) mass is 347 g/mol. The molecule has 3 fully saturated rings. The SMILES string of the molecule is CC1(C)O[C@@H]2[C@H]([N+](=O)[O-])[C@H](C(=O)O)[C@H](O)[C@]3(COC(C)(C)O3)[C@@H]2O1. The molecule has 10 heteroatoms. The lowest BCUT2D eigenvalue weighted by atomic mass is 9.69. The molecule has 24 heavy (non-hydrogen) atoms. The summed E-state index contributed by atoms with van der Waals surface area (Å²) >= 11 is 0. The molecule has 0 aromatic rings. The summed E-state index contributed by atoms with van der Waals surface area (Å²) in [6.45, 7) is 6.20. The van der Waals surface area contributed by atoms with E-state index in [0.717, 1.165) is 0 Å². The predicted octanol–water partition coefficient (Wildman–Crippen LogP) is -0.251. The van der Waals surface area contributed by atoms with Crippen LogP contribution >= 0.6 is 0 Å². The molecule has 0 amide bonds. The van der Waals surface area contributed by atoms with E-state index in [1.165, 1.54) is 0 Å². The molecule has 0 bridgehead atoms. The molecule has 3 rings (SSSR count). The molecular formula is C14H21NO9. The number of carboxylic acid groups (broad SMARTS) is 1. The zero-order valence-electron chi connectivity index (χ0n) is 13.8. The molecule has 0 radical (unpaired) electrons. The van der Waals surface area contributed by atoms with Crippen LogP contribution in [0.1, 0.15) is 27.7 Å². The van der Waals surface area contributed by atoms with E-state index < -0.39 is 58.3 Å². The van der Waals surface area contributed by atoms with Crippen LogP contribution in [0.4, 0.5) is 0 Å². The number of fused-ring (bicyclic) bond motifs is 2. The third-order valence-electron chi connectivity index (χ3n) is 4.77. The third-order valence-corrected chi connectivity index (χ3v) is 4.77. The lowest BCUT2D eigenvalue weighted by Crippen LogP contribution is -2.71. The maximum absolute atomic E-state index is 11.7. The minimum Gasteiger partial charge on any atom is -0.481 e. The number of aliphatic hydroxyl groups is 1. The molecule has 3 aliphatic rings. The molecule has 0 aromatic carbocycles. The number of rotatable bonds is 2. The van der Waals surface area contributed by atoms with Gasteiger partial charge in [0, 0.05) is 4.92 Å². The molecule has 0 unspecified atom stereocenters. The van der Waals surface area contributed by atoms with Crippen LogP contribution in [0, 0.1) is 16.0 Å². The van der Waals surface area contributed by atoms with Crippen LogP contribution in [0.5, 0.6) is 0 Å². The Bertz CT molecular complexity index is 577. The Morgan fingerprint density at radius 2 is 1.83 bits per heavy atom. The van der Waals surface area contributed by atoms with Crippen LogP contribution in [-0.2, 0) is 23.7 Å². The first-order valence-corrected chi connectivity index (χ1v) is 7.64. The van der Waals surface area contributed by atoms with E-state index in [1.54, 1.807) is 27.7 Å². The highest BCUT2D eigenvalue weighted by molar-refractivity contribution is 5.72. The molecule has 10 nitrogen and oxygen atoms in total. The lowest BCUT2D eigenvalue weighted by molar-refractivity contribution is -0.552. The maximum atomic E-state index is 11.7. The first kappa shape index (κ1) is 17.5. The Balaban J connectivity index is 2.11. The summed E-state index contributed by atoms with van der Waals surface area (Å²) in [6, 6.07) is -1.66. The van der Waals surface area contributed by atoms with Gasteiger partial charge in [0.05, 0.1) is 6.61 Å². The van der Waals surface area contributed by atoms with Gasteiger partial charge in [-0.1, -0.05) is 0 Å². The third kappa shape index (κ3) is 2.40. The van der Waals surface area contributed by atoms with E-state index in [9.17, 15) is 25.1 Å². The van der Waals surface area contributed by atoms with Crippen molar-refractivity contribution in [1.82, 2.24) is 0 Å². The van der Waals surface area contributed by atoms with E-state index in [1.807, 2.05) is 0 Å². The highest BCUT2D eigenvalue weighted by atomic mass is 16.8. The first-order valence-electron chi connectivity index (χ1n) is 7.64. The van der Waals surface area contributed by atoms with Gasteiger partial charge in [-0.2, -0.15) is 0 Å². The quantitative estimate of drug-likeness (QED) is 0.511. The standard InChI is InChI=1S/C14H21NO9/c1-12(2)21-5-14(24-12)9(16)6(11(17)18)7(15(19)20)8-10(14)23-13(3,4)22-8/h6-10,16H,5H2,1-4H3,(H,17,18)/t6-,7+,8+,9-,10+,14+/m0/s1. The average Bonchev–Trinajstić information content (AvgIpc) is 2.91. The molecule has 6 atom stereocenters. The molecule has 136 valence electrons. The van der Waals surface area contributed by atoms with Crippen molar-refractivity contribution in [2.45, 2.75) is 69.2 Å². The van der Waals surface area contributed by atoms with Crippen molar-refractivity contribution in [1.29, 1.82) is 0 Å². The molecule has 2 aliphatic heterocycles. The fourth-order valence-corrected chi connectivity index (χ4v) is 3.90. The lowest BCUT2D eigenvalue weighted by Gasteiger charge is -2.46. The van der Waals surface area contributed by atoms with Crippen LogP contribution in [0.3, 0.4) is 0 Å². The van der Waals surface area contributed by atoms with Gasteiger partial charge in [0.1, 0.15) is 12.2 Å². The van der Waals surface area contributed by atoms with Gasteiger partial charge in [0.25, 0.3) is 6.04 Å². The fourth-order valence-electron chi connectivity index (χ4n) is 3.90. The number of ether oxygens (including phenoxy) is 4. The van der Waals surface area contributed by atoms with Gasteiger partial charge in [-0.05, 0) is 27.7 Å². The number of hydrogen-bond donors (Lipinski definition) is 2. The van der Waals surface area contributed by atoms with Crippen LogP contribution in [-0.4, -0.2) is 69.2 Å². The van der Waals surface area contributed by atoms with Crippen molar-refractivity contribution in [3.63, 3.8) is 0 Å². The maximum Gasteiger partial charge on any atom is 0.316 e. The number of aliphatic carboxylic acids is 1. The average molecular weight is 347 g/mol. The smallest absolute Gasteiger partial charge is 0.316 e. The second-order valence-electron chi connectivity index (χ2n) is 7.35. The number of aliphatic hydroxyl groups excluding tert-OH is 1. The van der Waals surface area contributed by atoms with Crippen molar-refractivity contribution in [3.05, 3.63) is 10.1 Å². The molecule has 2 N–H and O–H groups in total. The molecule has 1 spiro atoms. The molecular weight excluding hydrogens is 326 g/mol. The Morgan fingerprint density at radius 3 is 2.29 bits per heavy atom. The predicted molar refractivity (Wildman–Crippen MR) is 75.6 cm³/mol. The van der Waals surface area contributed by atoms with Gasteiger partial charge in [-0.3, -0.25) is 14.9 Å². The Hall–Kier alpha value is -1.33. The number of carboxylic acids is 1.